The summed E-state index contributed by atoms with van der Waals surface area (Å²) >= 11 is 0. The maximum Gasteiger partial charge on any atom is 0.0992 e. The van der Waals surface area contributed by atoms with Crippen LogP contribution >= 0.6 is 0 Å². The average molecular weight is 586 g/mol. The van der Waals surface area contributed by atoms with Crippen molar-refractivity contribution in [3.05, 3.63) is 169 Å². The van der Waals surface area contributed by atoms with Crippen molar-refractivity contribution in [2.45, 2.75) is 0 Å². The fourth-order valence-corrected chi connectivity index (χ4v) is 7.16. The molecule has 0 spiro atoms. The normalized spacial score (nSPS) is 11.5. The Hall–Kier alpha value is -6.37. The van der Waals surface area contributed by atoms with Crippen LogP contribution in [0.5, 0.6) is 0 Å². The van der Waals surface area contributed by atoms with Gasteiger partial charge in [-0.15, -0.1) is 0 Å². The van der Waals surface area contributed by atoms with E-state index >= 15 is 0 Å². The molecule has 2 aromatic heterocycles. The van der Waals surface area contributed by atoms with Gasteiger partial charge in [0.1, 0.15) is 0 Å². The highest BCUT2D eigenvalue weighted by Crippen LogP contribution is 2.42. The first kappa shape index (κ1) is 26.1. The number of benzene rings is 7. The summed E-state index contributed by atoms with van der Waals surface area (Å²) in [6.45, 7) is 0. The van der Waals surface area contributed by atoms with Gasteiger partial charge >= 0.3 is 0 Å². The molecule has 0 bridgehead atoms. The van der Waals surface area contributed by atoms with Crippen molar-refractivity contribution < 1.29 is 0 Å². The minimum Gasteiger partial charge on any atom is -0.309 e. The van der Waals surface area contributed by atoms with E-state index < -0.39 is 0 Å². The zero-order valence-electron chi connectivity index (χ0n) is 24.9. The Morgan fingerprint density at radius 2 is 1.07 bits per heavy atom. The molecule has 0 amide bonds. The van der Waals surface area contributed by atoms with Crippen LogP contribution in [0.3, 0.4) is 0 Å². The molecule has 0 unspecified atom stereocenters. The van der Waals surface area contributed by atoms with Gasteiger partial charge in [-0.25, -0.2) is 0 Å². The summed E-state index contributed by atoms with van der Waals surface area (Å²) < 4.78 is 4.69. The summed E-state index contributed by atoms with van der Waals surface area (Å²) in [5.41, 5.74) is 11.9. The van der Waals surface area contributed by atoms with Gasteiger partial charge in [-0.05, 0) is 71.3 Å². The Labute approximate surface area is 266 Å². The number of nitrogens with zero attached hydrogens (tertiary/aromatic N) is 3. The fraction of sp³-hybridized carbons (Fsp3) is 0. The summed E-state index contributed by atoms with van der Waals surface area (Å²) in [6, 6.07) is 60.1. The van der Waals surface area contributed by atoms with E-state index in [2.05, 4.69) is 161 Å². The number of rotatable bonds is 4. The minimum absolute atomic E-state index is 0.636. The molecule has 0 N–H and O–H groups in total. The van der Waals surface area contributed by atoms with Gasteiger partial charge in [0.15, 0.2) is 0 Å². The standard InChI is InChI=1S/C43H27N3/c44-28-29-22-24-33(30-12-3-1-4-13-30)42(26-29)46-39-20-10-8-17-36(39)43-34(18-11-21-41(43)46)31-23-25-40-37(27-31)35-16-7-9-19-38(35)45(40)32-14-5-2-6-15-32/h1-27H. The van der Waals surface area contributed by atoms with E-state index in [4.69, 9.17) is 0 Å². The molecule has 0 aliphatic rings. The maximum absolute atomic E-state index is 9.92. The second-order valence-electron chi connectivity index (χ2n) is 11.7. The lowest BCUT2D eigenvalue weighted by atomic mass is 9.97. The summed E-state index contributed by atoms with van der Waals surface area (Å²) in [5, 5.41) is 14.8. The zero-order valence-corrected chi connectivity index (χ0v) is 24.9. The molecule has 9 rings (SSSR count). The SMILES string of the molecule is N#Cc1ccc(-c2ccccc2)c(-n2c3ccccc3c3c(-c4ccc5c(c4)c4ccccc4n5-c4ccccc4)cccc32)c1. The molecule has 0 saturated heterocycles. The lowest BCUT2D eigenvalue weighted by Crippen LogP contribution is -1.98. The molecule has 3 nitrogen and oxygen atoms in total. The summed E-state index contributed by atoms with van der Waals surface area (Å²) in [4.78, 5) is 0. The molecule has 7 aromatic carbocycles. The molecule has 0 aliphatic heterocycles. The third-order valence-electron chi connectivity index (χ3n) is 9.15. The number of fused-ring (bicyclic) bond motifs is 6. The van der Waals surface area contributed by atoms with Crippen LogP contribution in [-0.2, 0) is 0 Å². The molecule has 0 atom stereocenters. The molecule has 0 radical (unpaired) electrons. The average Bonchev–Trinajstić information content (AvgIpc) is 3.65. The van der Waals surface area contributed by atoms with Crippen LogP contribution in [0.15, 0.2) is 164 Å². The molecule has 2 heterocycles. The van der Waals surface area contributed by atoms with Gasteiger partial charge in [0.05, 0.1) is 39.4 Å². The first-order valence-electron chi connectivity index (χ1n) is 15.5. The monoisotopic (exact) mass is 585 g/mol. The lowest BCUT2D eigenvalue weighted by Gasteiger charge is -2.15. The number of para-hydroxylation sites is 3. The van der Waals surface area contributed by atoms with Gasteiger partial charge < -0.3 is 9.13 Å². The Balaban J connectivity index is 1.34. The Kier molecular flexibility index (Phi) is 5.88. The highest BCUT2D eigenvalue weighted by Gasteiger charge is 2.20. The second-order valence-corrected chi connectivity index (χ2v) is 11.7. The van der Waals surface area contributed by atoms with Crippen LogP contribution in [0, 0.1) is 11.3 Å². The van der Waals surface area contributed by atoms with E-state index in [0.29, 0.717) is 5.56 Å². The molecule has 0 saturated carbocycles. The lowest BCUT2D eigenvalue weighted by molar-refractivity contribution is 1.18. The van der Waals surface area contributed by atoms with Crippen LogP contribution < -0.4 is 0 Å². The fourth-order valence-electron chi connectivity index (χ4n) is 7.16. The Morgan fingerprint density at radius 3 is 1.85 bits per heavy atom. The quantitative estimate of drug-likeness (QED) is 0.202. The molecule has 214 valence electrons. The first-order valence-corrected chi connectivity index (χ1v) is 15.5. The van der Waals surface area contributed by atoms with Crippen LogP contribution in [0.1, 0.15) is 5.56 Å². The molecular formula is C43H27N3. The Bertz CT molecular complexity index is 2630. The van der Waals surface area contributed by atoms with Gasteiger partial charge in [0, 0.05) is 32.8 Å². The van der Waals surface area contributed by atoms with E-state index in [-0.39, 0.29) is 0 Å². The van der Waals surface area contributed by atoms with Crippen LogP contribution in [0.2, 0.25) is 0 Å². The number of aromatic nitrogens is 2. The topological polar surface area (TPSA) is 33.6 Å². The first-order chi connectivity index (χ1) is 22.8. The van der Waals surface area contributed by atoms with Gasteiger partial charge in [-0.1, -0.05) is 109 Å². The zero-order chi connectivity index (χ0) is 30.6. The van der Waals surface area contributed by atoms with Crippen molar-refractivity contribution in [3.63, 3.8) is 0 Å². The molecule has 3 heteroatoms. The van der Waals surface area contributed by atoms with Gasteiger partial charge in [0.25, 0.3) is 0 Å². The highest BCUT2D eigenvalue weighted by atomic mass is 15.0. The Morgan fingerprint density at radius 1 is 0.413 bits per heavy atom. The van der Waals surface area contributed by atoms with E-state index in [1.165, 1.54) is 43.7 Å². The van der Waals surface area contributed by atoms with E-state index in [1.54, 1.807) is 0 Å². The predicted octanol–water partition coefficient (Wildman–Crippen LogP) is 11.1. The van der Waals surface area contributed by atoms with Crippen molar-refractivity contribution in [1.29, 1.82) is 5.26 Å². The third kappa shape index (κ3) is 3.91. The van der Waals surface area contributed by atoms with Crippen molar-refractivity contribution in [1.82, 2.24) is 9.13 Å². The van der Waals surface area contributed by atoms with E-state index in [1.807, 2.05) is 18.2 Å². The summed E-state index contributed by atoms with van der Waals surface area (Å²) in [6.07, 6.45) is 0. The molecule has 0 fully saturated rings. The largest absolute Gasteiger partial charge is 0.309 e. The molecule has 46 heavy (non-hydrogen) atoms. The van der Waals surface area contributed by atoms with E-state index in [0.717, 1.165) is 33.5 Å². The molecule has 0 aliphatic carbocycles. The van der Waals surface area contributed by atoms with Crippen LogP contribution in [0.4, 0.5) is 0 Å². The number of hydrogen-bond acceptors (Lipinski definition) is 1. The summed E-state index contributed by atoms with van der Waals surface area (Å²) in [5.74, 6) is 0. The number of nitriles is 1. The van der Waals surface area contributed by atoms with Gasteiger partial charge in [-0.2, -0.15) is 5.26 Å². The van der Waals surface area contributed by atoms with E-state index in [9.17, 15) is 5.26 Å². The summed E-state index contributed by atoms with van der Waals surface area (Å²) in [7, 11) is 0. The van der Waals surface area contributed by atoms with Crippen molar-refractivity contribution in [2.24, 2.45) is 0 Å². The second kappa shape index (κ2) is 10.4. The van der Waals surface area contributed by atoms with Crippen molar-refractivity contribution >= 4 is 43.6 Å². The van der Waals surface area contributed by atoms with Crippen LogP contribution in [-0.4, -0.2) is 9.13 Å². The van der Waals surface area contributed by atoms with Gasteiger partial charge in [0.2, 0.25) is 0 Å². The van der Waals surface area contributed by atoms with Gasteiger partial charge in [-0.3, -0.25) is 0 Å². The van der Waals surface area contributed by atoms with Crippen molar-refractivity contribution in [3.8, 4) is 39.7 Å². The highest BCUT2D eigenvalue weighted by molar-refractivity contribution is 6.17. The molecule has 9 aromatic rings. The van der Waals surface area contributed by atoms with Crippen molar-refractivity contribution in [2.75, 3.05) is 0 Å². The maximum atomic E-state index is 9.92. The molecular weight excluding hydrogens is 558 g/mol. The third-order valence-corrected chi connectivity index (χ3v) is 9.15. The minimum atomic E-state index is 0.636. The number of hydrogen-bond donors (Lipinski definition) is 0. The smallest absolute Gasteiger partial charge is 0.0992 e. The van der Waals surface area contributed by atoms with Crippen LogP contribution in [0.25, 0.3) is 77.2 Å². The predicted molar refractivity (Wildman–Crippen MR) is 191 cm³/mol.